The van der Waals surface area contributed by atoms with Gasteiger partial charge in [0.15, 0.2) is 17.6 Å². The second kappa shape index (κ2) is 7.97. The lowest BCUT2D eigenvalue weighted by atomic mass is 10.1. The fourth-order valence-electron chi connectivity index (χ4n) is 2.51. The molecule has 0 fully saturated rings. The summed E-state index contributed by atoms with van der Waals surface area (Å²) in [6.45, 7) is 2.62. The summed E-state index contributed by atoms with van der Waals surface area (Å²) < 4.78 is 16.4. The fourth-order valence-corrected chi connectivity index (χ4v) is 2.51. The molecule has 7 nitrogen and oxygen atoms in total. The quantitative estimate of drug-likeness (QED) is 0.727. The van der Waals surface area contributed by atoms with Gasteiger partial charge in [-0.1, -0.05) is 6.07 Å². The minimum Gasteiger partial charge on any atom is -0.508 e. The van der Waals surface area contributed by atoms with E-state index in [4.69, 9.17) is 14.2 Å². The summed E-state index contributed by atoms with van der Waals surface area (Å²) in [5.74, 6) is 1.47. The molecule has 0 spiro atoms. The number of hydrogen-bond acceptors (Lipinski definition) is 6. The number of carbonyl (C=O) groups is 1. The third kappa shape index (κ3) is 4.37. The number of aliphatic hydroxyl groups is 1. The highest BCUT2D eigenvalue weighted by atomic mass is 16.6. The molecule has 7 heteroatoms. The predicted octanol–water partition coefficient (Wildman–Crippen LogP) is 1.78. The molecule has 0 bridgehead atoms. The molecule has 1 aliphatic heterocycles. The number of aliphatic hydroxyl groups excluding tert-OH is 1. The Morgan fingerprint density at radius 1 is 1.15 bits per heavy atom. The summed E-state index contributed by atoms with van der Waals surface area (Å²) in [5, 5.41) is 22.2. The van der Waals surface area contributed by atoms with E-state index in [-0.39, 0.29) is 18.2 Å². The van der Waals surface area contributed by atoms with Gasteiger partial charge in [0.05, 0.1) is 6.10 Å². The number of phenolic OH excluding ortho intramolecular Hbond substituents is 1. The molecule has 0 aliphatic carbocycles. The molecule has 1 aliphatic rings. The number of aromatic hydroxyl groups is 1. The maximum atomic E-state index is 12.1. The number of fused-ring (bicyclic) bond motifs is 1. The Morgan fingerprint density at radius 3 is 2.58 bits per heavy atom. The average Bonchev–Trinajstić information content (AvgIpc) is 2.67. The molecule has 1 heterocycles. The molecular weight excluding hydrogens is 338 g/mol. The number of amides is 1. The van der Waals surface area contributed by atoms with Crippen LogP contribution in [-0.4, -0.2) is 42.0 Å². The highest BCUT2D eigenvalue weighted by molar-refractivity contribution is 5.80. The van der Waals surface area contributed by atoms with Crippen LogP contribution >= 0.6 is 0 Å². The van der Waals surface area contributed by atoms with Crippen LogP contribution in [0.2, 0.25) is 0 Å². The zero-order chi connectivity index (χ0) is 18.5. The van der Waals surface area contributed by atoms with Crippen LogP contribution in [0, 0.1) is 0 Å². The van der Waals surface area contributed by atoms with E-state index < -0.39 is 12.2 Å². The second-order valence-electron chi connectivity index (χ2n) is 5.92. The molecule has 2 unspecified atom stereocenters. The highest BCUT2D eigenvalue weighted by Crippen LogP contribution is 2.32. The van der Waals surface area contributed by atoms with Gasteiger partial charge >= 0.3 is 0 Å². The first-order valence-corrected chi connectivity index (χ1v) is 8.34. The standard InChI is InChI=1S/C19H21NO6/c1-12(26-15-5-3-14(21)4-6-15)19(23)20-11-16(22)13-2-7-17-18(10-13)25-9-8-24-17/h2-7,10,12,16,21-22H,8-9,11H2,1H3,(H,20,23). The largest absolute Gasteiger partial charge is 0.508 e. The maximum Gasteiger partial charge on any atom is 0.260 e. The lowest BCUT2D eigenvalue weighted by Crippen LogP contribution is -2.38. The van der Waals surface area contributed by atoms with Crippen LogP contribution in [0.3, 0.4) is 0 Å². The Balaban J connectivity index is 1.52. The van der Waals surface area contributed by atoms with Crippen molar-refractivity contribution in [1.82, 2.24) is 5.32 Å². The van der Waals surface area contributed by atoms with Gasteiger partial charge in [-0.3, -0.25) is 4.79 Å². The smallest absolute Gasteiger partial charge is 0.260 e. The predicted molar refractivity (Wildman–Crippen MR) is 93.6 cm³/mol. The Labute approximate surface area is 151 Å². The van der Waals surface area contributed by atoms with E-state index in [0.717, 1.165) is 0 Å². The van der Waals surface area contributed by atoms with E-state index in [1.54, 1.807) is 37.3 Å². The number of benzene rings is 2. The normalized spacial score (nSPS) is 15.0. The van der Waals surface area contributed by atoms with Crippen LogP contribution in [0.4, 0.5) is 0 Å². The summed E-state index contributed by atoms with van der Waals surface area (Å²) in [6, 6.07) is 11.3. The molecule has 0 saturated heterocycles. The van der Waals surface area contributed by atoms with E-state index in [1.165, 1.54) is 12.1 Å². The molecular formula is C19H21NO6. The summed E-state index contributed by atoms with van der Waals surface area (Å²) in [6.07, 6.45) is -1.62. The van der Waals surface area contributed by atoms with Crippen molar-refractivity contribution in [2.45, 2.75) is 19.1 Å². The molecule has 2 aromatic rings. The minimum absolute atomic E-state index is 0.0434. The van der Waals surface area contributed by atoms with Crippen molar-refractivity contribution in [3.63, 3.8) is 0 Å². The molecule has 138 valence electrons. The molecule has 2 atom stereocenters. The highest BCUT2D eigenvalue weighted by Gasteiger charge is 2.18. The van der Waals surface area contributed by atoms with Crippen molar-refractivity contribution in [2.24, 2.45) is 0 Å². The van der Waals surface area contributed by atoms with Gasteiger partial charge in [-0.15, -0.1) is 0 Å². The van der Waals surface area contributed by atoms with Gasteiger partial charge in [-0.2, -0.15) is 0 Å². The lowest BCUT2D eigenvalue weighted by molar-refractivity contribution is -0.127. The number of carbonyl (C=O) groups excluding carboxylic acids is 1. The number of ether oxygens (including phenoxy) is 3. The zero-order valence-corrected chi connectivity index (χ0v) is 14.3. The summed E-state index contributed by atoms with van der Waals surface area (Å²) >= 11 is 0. The average molecular weight is 359 g/mol. The van der Waals surface area contributed by atoms with Gasteiger partial charge in [0.1, 0.15) is 24.7 Å². The number of hydrogen-bond donors (Lipinski definition) is 3. The van der Waals surface area contributed by atoms with E-state index in [2.05, 4.69) is 5.32 Å². The van der Waals surface area contributed by atoms with Crippen LogP contribution in [0.5, 0.6) is 23.0 Å². The van der Waals surface area contributed by atoms with Crippen molar-refractivity contribution in [3.05, 3.63) is 48.0 Å². The third-order valence-corrected chi connectivity index (χ3v) is 3.94. The van der Waals surface area contributed by atoms with Crippen molar-refractivity contribution in [3.8, 4) is 23.0 Å². The molecule has 2 aromatic carbocycles. The fraction of sp³-hybridized carbons (Fsp3) is 0.316. The third-order valence-electron chi connectivity index (χ3n) is 3.94. The first-order chi connectivity index (χ1) is 12.5. The molecule has 26 heavy (non-hydrogen) atoms. The zero-order valence-electron chi connectivity index (χ0n) is 14.3. The van der Waals surface area contributed by atoms with E-state index in [0.29, 0.717) is 36.0 Å². The summed E-state index contributed by atoms with van der Waals surface area (Å²) in [4.78, 5) is 12.1. The van der Waals surface area contributed by atoms with Gasteiger partial charge in [0.25, 0.3) is 5.91 Å². The van der Waals surface area contributed by atoms with E-state index in [1.807, 2.05) is 0 Å². The topological polar surface area (TPSA) is 97.3 Å². The van der Waals surface area contributed by atoms with Crippen molar-refractivity contribution >= 4 is 5.91 Å². The van der Waals surface area contributed by atoms with E-state index >= 15 is 0 Å². The first kappa shape index (κ1) is 17.9. The molecule has 0 saturated carbocycles. The van der Waals surface area contributed by atoms with Gasteiger partial charge in [-0.05, 0) is 48.9 Å². The van der Waals surface area contributed by atoms with Gasteiger partial charge in [0, 0.05) is 6.54 Å². The van der Waals surface area contributed by atoms with Crippen LogP contribution in [0.25, 0.3) is 0 Å². The van der Waals surface area contributed by atoms with Crippen LogP contribution in [-0.2, 0) is 4.79 Å². The van der Waals surface area contributed by atoms with Crippen molar-refractivity contribution in [1.29, 1.82) is 0 Å². The Kier molecular flexibility index (Phi) is 5.48. The number of nitrogens with one attached hydrogen (secondary N) is 1. The SMILES string of the molecule is CC(Oc1ccc(O)cc1)C(=O)NCC(O)c1ccc2c(c1)OCCO2. The molecule has 1 amide bonds. The van der Waals surface area contributed by atoms with E-state index in [9.17, 15) is 15.0 Å². The maximum absolute atomic E-state index is 12.1. The molecule has 3 rings (SSSR count). The second-order valence-corrected chi connectivity index (χ2v) is 5.92. The Bertz CT molecular complexity index is 761. The van der Waals surface area contributed by atoms with Gasteiger partial charge < -0.3 is 29.7 Å². The molecule has 0 aromatic heterocycles. The van der Waals surface area contributed by atoms with Crippen LogP contribution in [0.15, 0.2) is 42.5 Å². The Morgan fingerprint density at radius 2 is 1.85 bits per heavy atom. The number of rotatable bonds is 6. The number of phenols is 1. The van der Waals surface area contributed by atoms with Gasteiger partial charge in [0.2, 0.25) is 0 Å². The summed E-state index contributed by atoms with van der Waals surface area (Å²) in [5.41, 5.74) is 0.627. The van der Waals surface area contributed by atoms with Crippen molar-refractivity contribution in [2.75, 3.05) is 19.8 Å². The lowest BCUT2D eigenvalue weighted by Gasteiger charge is -2.21. The first-order valence-electron chi connectivity index (χ1n) is 8.34. The molecule has 0 radical (unpaired) electrons. The van der Waals surface area contributed by atoms with Crippen LogP contribution < -0.4 is 19.5 Å². The monoisotopic (exact) mass is 359 g/mol. The van der Waals surface area contributed by atoms with Crippen molar-refractivity contribution < 1.29 is 29.2 Å². The minimum atomic E-state index is -0.879. The van der Waals surface area contributed by atoms with Gasteiger partial charge in [-0.25, -0.2) is 0 Å². The molecule has 3 N–H and O–H groups in total. The van der Waals surface area contributed by atoms with Crippen LogP contribution in [0.1, 0.15) is 18.6 Å². The summed E-state index contributed by atoms with van der Waals surface area (Å²) in [7, 11) is 0. The Hall–Kier alpha value is -2.93.